The van der Waals surface area contributed by atoms with Gasteiger partial charge in [0.25, 0.3) is 0 Å². The molecule has 0 aromatic carbocycles. The molecule has 3 aliphatic rings. The summed E-state index contributed by atoms with van der Waals surface area (Å²) in [5, 5.41) is 104. The van der Waals surface area contributed by atoms with Crippen molar-refractivity contribution in [2.24, 2.45) is 0 Å². The first-order chi connectivity index (χ1) is 18.0. The summed E-state index contributed by atoms with van der Waals surface area (Å²) in [5.41, 5.74) is 0. The Morgan fingerprint density at radius 3 is 1.63 bits per heavy atom. The maximum Gasteiger partial charge on any atom is 0.187 e. The molecule has 0 saturated carbocycles. The van der Waals surface area contributed by atoms with Gasteiger partial charge in [0.15, 0.2) is 18.9 Å². The third-order valence-corrected chi connectivity index (χ3v) is 6.69. The van der Waals surface area contributed by atoms with Gasteiger partial charge in [-0.2, -0.15) is 0 Å². The van der Waals surface area contributed by atoms with Crippen LogP contribution in [0.25, 0.3) is 0 Å². The fourth-order valence-corrected chi connectivity index (χ4v) is 4.35. The second-order valence-corrected chi connectivity index (χ2v) is 9.33. The normalized spacial score (nSPS) is 48.2. The predicted molar refractivity (Wildman–Crippen MR) is 119 cm³/mol. The molecule has 0 aliphatic carbocycles. The molecule has 0 spiro atoms. The second-order valence-electron chi connectivity index (χ2n) is 9.33. The molecule has 3 saturated heterocycles. The molecule has 11 N–H and O–H groups in total. The summed E-state index contributed by atoms with van der Waals surface area (Å²) in [4.78, 5) is 0. The Morgan fingerprint density at radius 1 is 0.579 bits per heavy atom. The van der Waals surface area contributed by atoms with Crippen molar-refractivity contribution in [3.05, 3.63) is 0 Å². The van der Waals surface area contributed by atoms with Crippen LogP contribution in [-0.2, 0) is 28.4 Å². The Morgan fingerprint density at radius 2 is 1.08 bits per heavy atom. The average molecular weight is 562 g/mol. The van der Waals surface area contributed by atoms with Gasteiger partial charge in [-0.25, -0.2) is 0 Å². The molecule has 3 fully saturated rings. The molecular weight excluding hydrogens is 522 g/mol. The van der Waals surface area contributed by atoms with Crippen LogP contribution in [0.1, 0.15) is 0 Å². The second kappa shape index (κ2) is 14.3. The van der Waals surface area contributed by atoms with E-state index in [0.29, 0.717) is 6.54 Å². The Kier molecular flexibility index (Phi) is 12.0. The zero-order valence-electron chi connectivity index (χ0n) is 20.6. The lowest BCUT2D eigenvalue weighted by Gasteiger charge is -2.46. The Hall–Kier alpha value is -0.680. The van der Waals surface area contributed by atoms with Crippen LogP contribution in [0.3, 0.4) is 0 Å². The highest BCUT2D eigenvalue weighted by Gasteiger charge is 2.52. The summed E-state index contributed by atoms with van der Waals surface area (Å²) in [5.74, 6) is 0. The monoisotopic (exact) mass is 561 g/mol. The van der Waals surface area contributed by atoms with E-state index in [4.69, 9.17) is 28.4 Å². The highest BCUT2D eigenvalue weighted by Crippen LogP contribution is 2.30. The lowest BCUT2D eigenvalue weighted by molar-refractivity contribution is -0.366. The predicted octanol–water partition coefficient (Wildman–Crippen LogP) is -7.33. The van der Waals surface area contributed by atoms with E-state index < -0.39 is 112 Å². The minimum Gasteiger partial charge on any atom is -0.394 e. The van der Waals surface area contributed by atoms with Crippen LogP contribution in [0, 0.1) is 0 Å². The van der Waals surface area contributed by atoms with E-state index >= 15 is 0 Å². The van der Waals surface area contributed by atoms with E-state index in [-0.39, 0.29) is 6.61 Å². The third-order valence-electron chi connectivity index (χ3n) is 6.69. The summed E-state index contributed by atoms with van der Waals surface area (Å²) < 4.78 is 32.8. The minimum atomic E-state index is -1.82. The number of ether oxygens (including phenoxy) is 6. The van der Waals surface area contributed by atoms with Crippen molar-refractivity contribution in [2.75, 3.05) is 40.0 Å². The van der Waals surface area contributed by atoms with Gasteiger partial charge in [0.2, 0.25) is 0 Å². The first-order valence-corrected chi connectivity index (χ1v) is 12.2. The number of hydrogen-bond donors (Lipinski definition) is 11. The molecule has 0 unspecified atom stereocenters. The van der Waals surface area contributed by atoms with Gasteiger partial charge in [0.05, 0.1) is 26.4 Å². The van der Waals surface area contributed by atoms with Crippen molar-refractivity contribution in [2.45, 2.75) is 92.1 Å². The topological polar surface area (TPSA) is 270 Å². The smallest absolute Gasteiger partial charge is 0.187 e. The van der Waals surface area contributed by atoms with Crippen LogP contribution >= 0.6 is 0 Å². The van der Waals surface area contributed by atoms with Crippen LogP contribution in [0.2, 0.25) is 0 Å². The zero-order chi connectivity index (χ0) is 28.1. The molecule has 0 amide bonds. The number of hydrogen-bond acceptors (Lipinski definition) is 17. The summed E-state index contributed by atoms with van der Waals surface area (Å²) in [6.45, 7) is -1.53. The highest BCUT2D eigenvalue weighted by molar-refractivity contribution is 4.95. The Balaban J connectivity index is 1.73. The standard InChI is InChI=1S/C21H39NO16/c1-22-2-3-33-20-17(32)18(38-21-16(31)14(29)11(26)8(5-24)36-21)12(27)9(37-20)6-34-19-15(30)13(28)10(25)7(4-23)35-19/h7-32H,2-6H2,1H3/t7-,8-,9-,10-,11-,12-,13+,14+,15+,16+,17+,18+,19+,20+,21-/m1/s1. The van der Waals surface area contributed by atoms with E-state index in [1.807, 2.05) is 0 Å². The fourth-order valence-electron chi connectivity index (χ4n) is 4.35. The molecule has 3 rings (SSSR count). The first kappa shape index (κ1) is 31.8. The number of aliphatic hydroxyl groups excluding tert-OH is 10. The van der Waals surface area contributed by atoms with Crippen LogP contribution in [0.4, 0.5) is 0 Å². The number of nitrogens with one attached hydrogen (secondary N) is 1. The minimum absolute atomic E-state index is 0.0569. The average Bonchev–Trinajstić information content (AvgIpc) is 2.91. The van der Waals surface area contributed by atoms with Gasteiger partial charge in [0.1, 0.15) is 73.2 Å². The van der Waals surface area contributed by atoms with Gasteiger partial charge in [-0.05, 0) is 7.05 Å². The molecule has 3 heterocycles. The molecule has 15 atom stereocenters. The van der Waals surface area contributed by atoms with Crippen molar-refractivity contribution in [3.8, 4) is 0 Å². The summed E-state index contributed by atoms with van der Waals surface area (Å²) >= 11 is 0. The number of aliphatic hydroxyl groups is 10. The molecular formula is C21H39NO16. The van der Waals surface area contributed by atoms with Crippen LogP contribution in [0.5, 0.6) is 0 Å². The van der Waals surface area contributed by atoms with E-state index in [1.54, 1.807) is 7.05 Å². The summed E-state index contributed by atoms with van der Waals surface area (Å²) in [6, 6.07) is 0. The van der Waals surface area contributed by atoms with Crippen LogP contribution in [-0.4, -0.2) is 183 Å². The van der Waals surface area contributed by atoms with Crippen molar-refractivity contribution >= 4 is 0 Å². The maximum atomic E-state index is 10.9. The molecule has 0 aromatic heterocycles. The van der Waals surface area contributed by atoms with Gasteiger partial charge < -0.3 is 84.8 Å². The van der Waals surface area contributed by atoms with Gasteiger partial charge in [-0.3, -0.25) is 0 Å². The quantitative estimate of drug-likeness (QED) is 0.105. The molecule has 17 nitrogen and oxygen atoms in total. The third kappa shape index (κ3) is 6.96. The van der Waals surface area contributed by atoms with Crippen LogP contribution in [0.15, 0.2) is 0 Å². The first-order valence-electron chi connectivity index (χ1n) is 12.2. The van der Waals surface area contributed by atoms with Crippen molar-refractivity contribution < 1.29 is 79.5 Å². The van der Waals surface area contributed by atoms with Crippen LogP contribution < -0.4 is 5.32 Å². The molecule has 0 radical (unpaired) electrons. The molecule has 0 aromatic rings. The van der Waals surface area contributed by atoms with Gasteiger partial charge in [0, 0.05) is 6.54 Å². The SMILES string of the molecule is CNCCO[C@H]1O[C@H](CO[C@H]2O[C@H](CO)[C@@H](O)[C@H](O)[C@@H]2O)[C@@H](O)[C@H](O[C@H]2O[C@H](CO)[C@@H](O)[C@H](O)[C@@H]2O)[C@@H]1O. The zero-order valence-corrected chi connectivity index (χ0v) is 20.6. The van der Waals surface area contributed by atoms with E-state index in [1.165, 1.54) is 0 Å². The Labute approximate surface area is 217 Å². The van der Waals surface area contributed by atoms with Gasteiger partial charge in [-0.1, -0.05) is 0 Å². The Bertz CT molecular complexity index is 704. The maximum absolute atomic E-state index is 10.9. The summed E-state index contributed by atoms with van der Waals surface area (Å²) in [7, 11) is 1.66. The van der Waals surface area contributed by atoms with Gasteiger partial charge >= 0.3 is 0 Å². The highest BCUT2D eigenvalue weighted by atomic mass is 16.7. The number of rotatable bonds is 11. The van der Waals surface area contributed by atoms with Crippen molar-refractivity contribution in [1.82, 2.24) is 5.32 Å². The molecule has 17 heteroatoms. The largest absolute Gasteiger partial charge is 0.394 e. The lowest BCUT2D eigenvalue weighted by atomic mass is 9.96. The lowest BCUT2D eigenvalue weighted by Crippen LogP contribution is -2.65. The van der Waals surface area contributed by atoms with Crippen molar-refractivity contribution in [1.29, 1.82) is 0 Å². The fraction of sp³-hybridized carbons (Fsp3) is 1.00. The molecule has 224 valence electrons. The van der Waals surface area contributed by atoms with Gasteiger partial charge in [-0.15, -0.1) is 0 Å². The molecule has 3 aliphatic heterocycles. The molecule has 0 bridgehead atoms. The van der Waals surface area contributed by atoms with E-state index in [2.05, 4.69) is 5.32 Å². The molecule has 38 heavy (non-hydrogen) atoms. The van der Waals surface area contributed by atoms with E-state index in [9.17, 15) is 51.1 Å². The van der Waals surface area contributed by atoms with Crippen molar-refractivity contribution in [3.63, 3.8) is 0 Å². The van der Waals surface area contributed by atoms with E-state index in [0.717, 1.165) is 0 Å². The number of likely N-dealkylation sites (N-methyl/N-ethyl adjacent to an activating group) is 1. The summed E-state index contributed by atoms with van der Waals surface area (Å²) in [6.07, 6.45) is -23.7.